The van der Waals surface area contributed by atoms with Gasteiger partial charge in [0.2, 0.25) is 0 Å². The van der Waals surface area contributed by atoms with Crippen LogP contribution in [-0.4, -0.2) is 50.2 Å². The Labute approximate surface area is 135 Å². The van der Waals surface area contributed by atoms with Crippen LogP contribution in [-0.2, 0) is 9.47 Å². The Morgan fingerprint density at radius 1 is 1.22 bits per heavy atom. The van der Waals surface area contributed by atoms with E-state index in [4.69, 9.17) is 4.74 Å². The van der Waals surface area contributed by atoms with Crippen LogP contribution in [0.25, 0.3) is 0 Å². The van der Waals surface area contributed by atoms with Crippen molar-refractivity contribution in [2.75, 3.05) is 26.3 Å². The number of halogens is 3. The first kappa shape index (κ1) is 20.0. The van der Waals surface area contributed by atoms with E-state index in [1.807, 2.05) is 0 Å². The molecular formula is C15H27F3N2O3. The number of ether oxygens (including phenoxy) is 2. The number of carbonyl (C=O) groups is 1. The van der Waals surface area contributed by atoms with Crippen LogP contribution in [0, 0.1) is 5.92 Å². The van der Waals surface area contributed by atoms with Crippen molar-refractivity contribution in [3.8, 4) is 0 Å². The zero-order chi connectivity index (χ0) is 17.5. The SMILES string of the molecule is CC(C)(C)OC(=O)NCC1CCCC1NCCOCC(F)(F)F. The fourth-order valence-electron chi connectivity index (χ4n) is 2.58. The standard InChI is InChI=1S/C15H27F3N2O3/c1-14(2,3)23-13(21)20-9-11-5-4-6-12(11)19-7-8-22-10-15(16,17)18/h11-12,19H,4-10H2,1-3H3,(H,20,21). The Morgan fingerprint density at radius 2 is 1.91 bits per heavy atom. The highest BCUT2D eigenvalue weighted by atomic mass is 19.4. The van der Waals surface area contributed by atoms with Gasteiger partial charge in [0, 0.05) is 19.1 Å². The summed E-state index contributed by atoms with van der Waals surface area (Å²) in [6, 6.07) is 0.180. The van der Waals surface area contributed by atoms with E-state index in [1.165, 1.54) is 0 Å². The molecule has 1 amide bonds. The summed E-state index contributed by atoms with van der Waals surface area (Å²) >= 11 is 0. The van der Waals surface area contributed by atoms with Gasteiger partial charge in [-0.25, -0.2) is 4.79 Å². The normalized spacial score (nSPS) is 22.2. The molecule has 23 heavy (non-hydrogen) atoms. The lowest BCUT2D eigenvalue weighted by atomic mass is 10.0. The molecule has 1 saturated carbocycles. The number of alkyl carbamates (subject to hydrolysis) is 1. The highest BCUT2D eigenvalue weighted by Gasteiger charge is 2.29. The number of alkyl halides is 3. The second kappa shape index (κ2) is 8.73. The maximum Gasteiger partial charge on any atom is 0.411 e. The van der Waals surface area contributed by atoms with E-state index < -0.39 is 24.5 Å². The monoisotopic (exact) mass is 340 g/mol. The molecule has 8 heteroatoms. The zero-order valence-corrected chi connectivity index (χ0v) is 14.0. The molecule has 1 aliphatic rings. The molecule has 0 aromatic heterocycles. The predicted octanol–water partition coefficient (Wildman–Crippen LogP) is 2.85. The van der Waals surface area contributed by atoms with Gasteiger partial charge in [0.25, 0.3) is 0 Å². The highest BCUT2D eigenvalue weighted by Crippen LogP contribution is 2.25. The lowest BCUT2D eigenvalue weighted by Crippen LogP contribution is -2.42. The van der Waals surface area contributed by atoms with Gasteiger partial charge in [0.15, 0.2) is 0 Å². The Morgan fingerprint density at radius 3 is 2.52 bits per heavy atom. The largest absolute Gasteiger partial charge is 0.444 e. The topological polar surface area (TPSA) is 59.6 Å². The van der Waals surface area contributed by atoms with Crippen molar-refractivity contribution >= 4 is 6.09 Å². The van der Waals surface area contributed by atoms with Crippen molar-refractivity contribution < 1.29 is 27.4 Å². The minimum absolute atomic E-state index is 0.0161. The van der Waals surface area contributed by atoms with Crippen molar-refractivity contribution in [3.05, 3.63) is 0 Å². The lowest BCUT2D eigenvalue weighted by molar-refractivity contribution is -0.173. The number of amides is 1. The van der Waals surface area contributed by atoms with Gasteiger partial charge in [0.05, 0.1) is 6.61 Å². The molecule has 1 fully saturated rings. The van der Waals surface area contributed by atoms with Crippen LogP contribution in [0.2, 0.25) is 0 Å². The Hall–Kier alpha value is -1.02. The molecule has 0 spiro atoms. The molecule has 0 radical (unpaired) electrons. The van der Waals surface area contributed by atoms with Gasteiger partial charge in [-0.05, 0) is 39.5 Å². The smallest absolute Gasteiger partial charge is 0.411 e. The van der Waals surface area contributed by atoms with Crippen LogP contribution < -0.4 is 10.6 Å². The van der Waals surface area contributed by atoms with Gasteiger partial charge < -0.3 is 20.1 Å². The first-order valence-corrected chi connectivity index (χ1v) is 7.91. The van der Waals surface area contributed by atoms with Crippen LogP contribution in [0.15, 0.2) is 0 Å². The van der Waals surface area contributed by atoms with Gasteiger partial charge in [-0.15, -0.1) is 0 Å². The van der Waals surface area contributed by atoms with E-state index in [2.05, 4.69) is 15.4 Å². The van der Waals surface area contributed by atoms with E-state index in [0.717, 1.165) is 19.3 Å². The molecule has 2 N–H and O–H groups in total. The number of rotatable bonds is 7. The molecule has 1 rings (SSSR count). The van der Waals surface area contributed by atoms with Crippen LogP contribution in [0.3, 0.4) is 0 Å². The third-order valence-electron chi connectivity index (χ3n) is 3.49. The Balaban J connectivity index is 2.20. The van der Waals surface area contributed by atoms with Crippen molar-refractivity contribution in [2.45, 2.75) is 57.9 Å². The van der Waals surface area contributed by atoms with E-state index in [-0.39, 0.29) is 18.6 Å². The van der Waals surface area contributed by atoms with Gasteiger partial charge in [-0.3, -0.25) is 0 Å². The molecule has 0 heterocycles. The van der Waals surface area contributed by atoms with Gasteiger partial charge in [-0.2, -0.15) is 13.2 Å². The van der Waals surface area contributed by atoms with Crippen LogP contribution in [0.1, 0.15) is 40.0 Å². The van der Waals surface area contributed by atoms with Crippen molar-refractivity contribution in [1.82, 2.24) is 10.6 Å². The molecule has 5 nitrogen and oxygen atoms in total. The predicted molar refractivity (Wildman–Crippen MR) is 80.2 cm³/mol. The van der Waals surface area contributed by atoms with Crippen LogP contribution in [0.5, 0.6) is 0 Å². The number of hydrogen-bond acceptors (Lipinski definition) is 4. The lowest BCUT2D eigenvalue weighted by Gasteiger charge is -2.23. The molecule has 0 aromatic carbocycles. The quantitative estimate of drug-likeness (QED) is 0.700. The fourth-order valence-corrected chi connectivity index (χ4v) is 2.58. The molecule has 0 aromatic rings. The van der Waals surface area contributed by atoms with Crippen LogP contribution in [0.4, 0.5) is 18.0 Å². The van der Waals surface area contributed by atoms with E-state index in [9.17, 15) is 18.0 Å². The number of hydrogen-bond donors (Lipinski definition) is 2. The summed E-state index contributed by atoms with van der Waals surface area (Å²) in [5, 5.41) is 5.96. The van der Waals surface area contributed by atoms with Gasteiger partial charge in [0.1, 0.15) is 12.2 Å². The molecule has 0 saturated heterocycles. The zero-order valence-electron chi connectivity index (χ0n) is 14.0. The minimum Gasteiger partial charge on any atom is -0.444 e. The summed E-state index contributed by atoms with van der Waals surface area (Å²) in [5.41, 5.74) is -0.534. The molecule has 0 bridgehead atoms. The van der Waals surface area contributed by atoms with Gasteiger partial charge in [-0.1, -0.05) is 6.42 Å². The van der Waals surface area contributed by atoms with Gasteiger partial charge >= 0.3 is 12.3 Å². The summed E-state index contributed by atoms with van der Waals surface area (Å²) < 4.78 is 45.6. The summed E-state index contributed by atoms with van der Waals surface area (Å²) in [6.45, 7) is 5.05. The Bertz CT molecular complexity index is 370. The average Bonchev–Trinajstić information content (AvgIpc) is 2.80. The summed E-state index contributed by atoms with van der Waals surface area (Å²) in [4.78, 5) is 11.6. The molecule has 2 atom stereocenters. The maximum absolute atomic E-state index is 11.9. The maximum atomic E-state index is 11.9. The first-order valence-electron chi connectivity index (χ1n) is 7.91. The third-order valence-corrected chi connectivity index (χ3v) is 3.49. The number of nitrogens with one attached hydrogen (secondary N) is 2. The second-order valence-corrected chi connectivity index (χ2v) is 6.80. The highest BCUT2D eigenvalue weighted by molar-refractivity contribution is 5.67. The van der Waals surface area contributed by atoms with E-state index in [0.29, 0.717) is 13.1 Å². The molecule has 136 valence electrons. The summed E-state index contributed by atoms with van der Waals surface area (Å²) in [5.74, 6) is 0.255. The van der Waals surface area contributed by atoms with E-state index in [1.54, 1.807) is 20.8 Å². The van der Waals surface area contributed by atoms with Crippen molar-refractivity contribution in [2.24, 2.45) is 5.92 Å². The Kier molecular flexibility index (Phi) is 7.60. The van der Waals surface area contributed by atoms with Crippen LogP contribution >= 0.6 is 0 Å². The van der Waals surface area contributed by atoms with Crippen molar-refractivity contribution in [1.29, 1.82) is 0 Å². The molecular weight excluding hydrogens is 313 g/mol. The summed E-state index contributed by atoms with van der Waals surface area (Å²) in [6.07, 6.45) is -1.79. The van der Waals surface area contributed by atoms with Crippen molar-refractivity contribution in [3.63, 3.8) is 0 Å². The molecule has 2 unspecified atom stereocenters. The molecule has 1 aliphatic carbocycles. The average molecular weight is 340 g/mol. The van der Waals surface area contributed by atoms with E-state index >= 15 is 0 Å². The third kappa shape index (κ3) is 9.65. The molecule has 0 aliphatic heterocycles. The summed E-state index contributed by atoms with van der Waals surface area (Å²) in [7, 11) is 0. The minimum atomic E-state index is -4.28. The fraction of sp³-hybridized carbons (Fsp3) is 0.933. The second-order valence-electron chi connectivity index (χ2n) is 6.80. The number of carbonyl (C=O) groups excluding carboxylic acids is 1. The first-order chi connectivity index (χ1) is 10.6.